The molecule has 2 rings (SSSR count). The van der Waals surface area contributed by atoms with E-state index in [1.54, 1.807) is 43.5 Å². The molecule has 5 heteroatoms. The van der Waals surface area contributed by atoms with E-state index < -0.39 is 0 Å². The van der Waals surface area contributed by atoms with Crippen LogP contribution < -0.4 is 10.1 Å². The molecule has 0 spiro atoms. The summed E-state index contributed by atoms with van der Waals surface area (Å²) in [7, 11) is 1.60. The Morgan fingerprint density at radius 3 is 2.43 bits per heavy atom. The summed E-state index contributed by atoms with van der Waals surface area (Å²) in [4.78, 5) is 11.9. The van der Waals surface area contributed by atoms with Crippen LogP contribution in [0.5, 0.6) is 5.75 Å². The summed E-state index contributed by atoms with van der Waals surface area (Å²) < 4.78 is 5.06. The largest absolute Gasteiger partial charge is 0.497 e. The van der Waals surface area contributed by atoms with Gasteiger partial charge in [-0.2, -0.15) is 0 Å². The molecule has 0 aliphatic rings. The number of nitrogens with one attached hydrogen (secondary N) is 1. The van der Waals surface area contributed by atoms with Crippen LogP contribution in [0, 0.1) is 0 Å². The average Bonchev–Trinajstić information content (AvgIpc) is 2.49. The summed E-state index contributed by atoms with van der Waals surface area (Å²) in [5.74, 6) is 0.704. The Hall–Kier alpha value is -1.71. The third-order valence-electron chi connectivity index (χ3n) is 3.00. The van der Waals surface area contributed by atoms with Gasteiger partial charge in [0.05, 0.1) is 17.2 Å². The third-order valence-corrected chi connectivity index (χ3v) is 3.74. The summed E-state index contributed by atoms with van der Waals surface area (Å²) in [6.45, 7) is 0. The number of carbonyl (C=O) groups is 1. The van der Waals surface area contributed by atoms with Crippen LogP contribution in [0.15, 0.2) is 42.5 Å². The Labute approximate surface area is 133 Å². The first-order valence-electron chi connectivity index (χ1n) is 6.46. The van der Waals surface area contributed by atoms with Gasteiger partial charge in [-0.1, -0.05) is 29.3 Å². The number of hydrogen-bond acceptors (Lipinski definition) is 2. The van der Waals surface area contributed by atoms with Crippen molar-refractivity contribution in [1.29, 1.82) is 0 Å². The zero-order chi connectivity index (χ0) is 15.2. The molecule has 0 unspecified atom stereocenters. The maximum atomic E-state index is 11.9. The predicted molar refractivity (Wildman–Crippen MR) is 86.4 cm³/mol. The van der Waals surface area contributed by atoms with Crippen LogP contribution in [0.4, 0.5) is 5.69 Å². The van der Waals surface area contributed by atoms with E-state index >= 15 is 0 Å². The highest BCUT2D eigenvalue weighted by Gasteiger charge is 2.05. The van der Waals surface area contributed by atoms with Gasteiger partial charge >= 0.3 is 0 Å². The van der Waals surface area contributed by atoms with Crippen molar-refractivity contribution in [1.82, 2.24) is 0 Å². The van der Waals surface area contributed by atoms with Crippen molar-refractivity contribution in [2.24, 2.45) is 0 Å². The monoisotopic (exact) mass is 323 g/mol. The third kappa shape index (κ3) is 4.66. The van der Waals surface area contributed by atoms with E-state index in [9.17, 15) is 4.79 Å². The lowest BCUT2D eigenvalue weighted by molar-refractivity contribution is -0.116. The highest BCUT2D eigenvalue weighted by molar-refractivity contribution is 6.42. The second-order valence-corrected chi connectivity index (χ2v) is 5.34. The van der Waals surface area contributed by atoms with Crippen LogP contribution in [0.25, 0.3) is 0 Å². The lowest BCUT2D eigenvalue weighted by Gasteiger charge is -2.07. The molecule has 110 valence electrons. The lowest BCUT2D eigenvalue weighted by Crippen LogP contribution is -2.12. The fraction of sp³-hybridized carbons (Fsp3) is 0.188. The molecule has 1 amide bonds. The summed E-state index contributed by atoms with van der Waals surface area (Å²) in [6.07, 6.45) is 0.989. The van der Waals surface area contributed by atoms with Gasteiger partial charge in [0.15, 0.2) is 0 Å². The smallest absolute Gasteiger partial charge is 0.224 e. The first-order valence-corrected chi connectivity index (χ1v) is 7.22. The molecule has 0 fully saturated rings. The Balaban J connectivity index is 1.87. The van der Waals surface area contributed by atoms with Gasteiger partial charge in [0, 0.05) is 12.1 Å². The number of rotatable bonds is 5. The molecule has 2 aromatic carbocycles. The SMILES string of the molecule is COc1ccc(NC(=O)CCc2ccc(Cl)c(Cl)c2)cc1. The molecule has 0 bridgehead atoms. The molecule has 0 heterocycles. The van der Waals surface area contributed by atoms with Gasteiger partial charge < -0.3 is 10.1 Å². The second kappa shape index (κ2) is 7.34. The predicted octanol–water partition coefficient (Wildman–Crippen LogP) is 4.57. The molecular formula is C16H15Cl2NO2. The quantitative estimate of drug-likeness (QED) is 0.875. The molecule has 0 aliphatic heterocycles. The van der Waals surface area contributed by atoms with Crippen molar-refractivity contribution in [3.8, 4) is 5.75 Å². The van der Waals surface area contributed by atoms with E-state index in [2.05, 4.69) is 5.32 Å². The minimum Gasteiger partial charge on any atom is -0.497 e. The highest BCUT2D eigenvalue weighted by atomic mass is 35.5. The van der Waals surface area contributed by atoms with Crippen molar-refractivity contribution in [3.05, 3.63) is 58.1 Å². The standard InChI is InChI=1S/C16H15Cl2NO2/c1-21-13-6-4-12(5-7-13)19-16(20)9-3-11-2-8-14(17)15(18)10-11/h2,4-8,10H,3,9H2,1H3,(H,19,20). The van der Waals surface area contributed by atoms with Gasteiger partial charge in [-0.05, 0) is 48.4 Å². The summed E-state index contributed by atoms with van der Waals surface area (Å²) in [5, 5.41) is 3.86. The van der Waals surface area contributed by atoms with E-state index in [-0.39, 0.29) is 5.91 Å². The second-order valence-electron chi connectivity index (χ2n) is 4.53. The Morgan fingerprint density at radius 1 is 1.10 bits per heavy atom. The number of anilines is 1. The van der Waals surface area contributed by atoms with Crippen LogP contribution in [0.1, 0.15) is 12.0 Å². The Kier molecular flexibility index (Phi) is 5.48. The van der Waals surface area contributed by atoms with Gasteiger partial charge in [-0.15, -0.1) is 0 Å². The first-order chi connectivity index (χ1) is 10.1. The number of aryl methyl sites for hydroxylation is 1. The molecule has 21 heavy (non-hydrogen) atoms. The number of hydrogen-bond donors (Lipinski definition) is 1. The van der Waals surface area contributed by atoms with Gasteiger partial charge in [-0.3, -0.25) is 4.79 Å². The number of ether oxygens (including phenoxy) is 1. The zero-order valence-corrected chi connectivity index (χ0v) is 13.0. The molecule has 3 nitrogen and oxygen atoms in total. The van der Waals surface area contributed by atoms with Crippen molar-refractivity contribution >= 4 is 34.8 Å². The first kappa shape index (κ1) is 15.7. The molecule has 0 aromatic heterocycles. The van der Waals surface area contributed by atoms with E-state index in [1.807, 2.05) is 6.07 Å². The van der Waals surface area contributed by atoms with Gasteiger partial charge in [0.2, 0.25) is 5.91 Å². The number of benzene rings is 2. The number of carbonyl (C=O) groups excluding carboxylic acids is 1. The minimum absolute atomic E-state index is 0.0498. The van der Waals surface area contributed by atoms with Crippen molar-refractivity contribution in [3.63, 3.8) is 0 Å². The number of methoxy groups -OCH3 is 1. The topological polar surface area (TPSA) is 38.3 Å². The number of amides is 1. The highest BCUT2D eigenvalue weighted by Crippen LogP contribution is 2.23. The Bertz CT molecular complexity index is 627. The van der Waals surface area contributed by atoms with Crippen molar-refractivity contribution < 1.29 is 9.53 Å². The summed E-state index contributed by atoms with van der Waals surface area (Å²) in [5.41, 5.74) is 1.73. The van der Waals surface area contributed by atoms with Crippen LogP contribution in [0.3, 0.4) is 0 Å². The maximum absolute atomic E-state index is 11.9. The zero-order valence-electron chi connectivity index (χ0n) is 11.5. The van der Waals surface area contributed by atoms with E-state index in [0.29, 0.717) is 22.9 Å². The summed E-state index contributed by atoms with van der Waals surface area (Å²) in [6, 6.07) is 12.6. The summed E-state index contributed by atoms with van der Waals surface area (Å²) >= 11 is 11.8. The minimum atomic E-state index is -0.0498. The van der Waals surface area contributed by atoms with Crippen LogP contribution in [-0.2, 0) is 11.2 Å². The van der Waals surface area contributed by atoms with Crippen molar-refractivity contribution in [2.45, 2.75) is 12.8 Å². The van der Waals surface area contributed by atoms with Crippen LogP contribution in [-0.4, -0.2) is 13.0 Å². The molecule has 0 saturated heterocycles. The van der Waals surface area contributed by atoms with Crippen molar-refractivity contribution in [2.75, 3.05) is 12.4 Å². The number of halogens is 2. The molecular weight excluding hydrogens is 309 g/mol. The molecule has 1 N–H and O–H groups in total. The molecule has 0 saturated carbocycles. The van der Waals surface area contributed by atoms with Gasteiger partial charge in [0.1, 0.15) is 5.75 Å². The normalized spacial score (nSPS) is 10.2. The fourth-order valence-electron chi connectivity index (χ4n) is 1.85. The van der Waals surface area contributed by atoms with Crippen LogP contribution in [0.2, 0.25) is 10.0 Å². The molecule has 0 aliphatic carbocycles. The fourth-order valence-corrected chi connectivity index (χ4v) is 2.17. The lowest BCUT2D eigenvalue weighted by atomic mass is 10.1. The van der Waals surface area contributed by atoms with E-state index in [0.717, 1.165) is 17.0 Å². The maximum Gasteiger partial charge on any atom is 0.224 e. The molecule has 2 aromatic rings. The van der Waals surface area contributed by atoms with E-state index in [1.165, 1.54) is 0 Å². The average molecular weight is 324 g/mol. The molecule has 0 radical (unpaired) electrons. The Morgan fingerprint density at radius 2 is 1.81 bits per heavy atom. The van der Waals surface area contributed by atoms with Crippen LogP contribution >= 0.6 is 23.2 Å². The van der Waals surface area contributed by atoms with Gasteiger partial charge in [-0.25, -0.2) is 0 Å². The van der Waals surface area contributed by atoms with E-state index in [4.69, 9.17) is 27.9 Å². The molecule has 0 atom stereocenters. The van der Waals surface area contributed by atoms with Gasteiger partial charge in [0.25, 0.3) is 0 Å².